The third-order valence-electron chi connectivity index (χ3n) is 11.1. The van der Waals surface area contributed by atoms with Crippen LogP contribution in [0, 0.1) is 22.7 Å². The van der Waals surface area contributed by atoms with E-state index in [0.717, 1.165) is 66.4 Å². The molecule has 8 aromatic carbocycles. The number of hydrogen-bond acceptors (Lipinski definition) is 2. The topological polar surface area (TPSA) is 62.4 Å². The Kier molecular flexibility index (Phi) is 6.61. The summed E-state index contributed by atoms with van der Waals surface area (Å²) in [5.74, 6) is 0. The van der Waals surface area contributed by atoms with Crippen molar-refractivity contribution in [3.63, 3.8) is 0 Å². The van der Waals surface area contributed by atoms with Crippen LogP contribution in [0.25, 0.3) is 93.6 Å². The van der Waals surface area contributed by atoms with E-state index in [-0.39, 0.29) is 0 Å². The molecule has 0 aliphatic heterocycles. The molecule has 0 aliphatic carbocycles. The van der Waals surface area contributed by atoms with Crippen molar-refractivity contribution in [3.8, 4) is 40.3 Å². The predicted octanol–water partition coefficient (Wildman–Crippen LogP) is 12.4. The highest BCUT2D eigenvalue weighted by Crippen LogP contribution is 2.42. The van der Waals surface area contributed by atoms with Gasteiger partial charge in [-0.2, -0.15) is 10.5 Å². The van der Waals surface area contributed by atoms with Gasteiger partial charge in [0.25, 0.3) is 0 Å². The van der Waals surface area contributed by atoms with Gasteiger partial charge in [-0.3, -0.25) is 0 Å². The van der Waals surface area contributed by atoms with Crippen molar-refractivity contribution in [2.75, 3.05) is 0 Å². The summed E-state index contributed by atoms with van der Waals surface area (Å²) in [6.45, 7) is 0. The van der Waals surface area contributed by atoms with Crippen molar-refractivity contribution in [2.45, 2.75) is 0 Å². The van der Waals surface area contributed by atoms with Crippen LogP contribution in [0.1, 0.15) is 11.1 Å². The second-order valence-corrected chi connectivity index (χ2v) is 14.0. The summed E-state index contributed by atoms with van der Waals surface area (Å²) < 4.78 is 6.95. The van der Waals surface area contributed by atoms with Gasteiger partial charge in [0.1, 0.15) is 0 Å². The summed E-state index contributed by atoms with van der Waals surface area (Å²) in [6, 6.07) is 66.0. The van der Waals surface area contributed by atoms with Gasteiger partial charge in [-0.25, -0.2) is 0 Å². The van der Waals surface area contributed by atoms with E-state index in [1.54, 1.807) is 0 Å². The molecular weight excluding hydrogens is 671 g/mol. The molecule has 11 rings (SSSR count). The number of rotatable bonds is 4. The van der Waals surface area contributed by atoms with E-state index < -0.39 is 0 Å². The smallest absolute Gasteiger partial charge is 0.0992 e. The summed E-state index contributed by atoms with van der Waals surface area (Å²) in [6.07, 6.45) is 0. The lowest BCUT2D eigenvalue weighted by atomic mass is 9.99. The first-order valence-electron chi connectivity index (χ1n) is 18.3. The summed E-state index contributed by atoms with van der Waals surface area (Å²) in [5.41, 5.74) is 12.7. The average Bonchev–Trinajstić information content (AvgIpc) is 3.88. The quantitative estimate of drug-likeness (QED) is 0.184. The number of aromatic nitrogens is 3. The monoisotopic (exact) mass is 699 g/mol. The Balaban J connectivity index is 1.19. The van der Waals surface area contributed by atoms with Crippen LogP contribution in [-0.2, 0) is 0 Å². The number of hydrogen-bond donors (Lipinski definition) is 0. The molecule has 0 unspecified atom stereocenters. The lowest BCUT2D eigenvalue weighted by Crippen LogP contribution is -2.02. The summed E-state index contributed by atoms with van der Waals surface area (Å²) >= 11 is 0. The number of nitriles is 2. The van der Waals surface area contributed by atoms with Gasteiger partial charge in [-0.05, 0) is 72.8 Å². The van der Waals surface area contributed by atoms with Crippen molar-refractivity contribution in [1.82, 2.24) is 13.7 Å². The molecule has 0 saturated heterocycles. The molecular formula is C50H29N5. The maximum atomic E-state index is 10.2. The first-order valence-corrected chi connectivity index (χ1v) is 18.3. The molecule has 0 aliphatic rings. The molecule has 5 heteroatoms. The highest BCUT2D eigenvalue weighted by atomic mass is 15.0. The van der Waals surface area contributed by atoms with Gasteiger partial charge in [0, 0.05) is 49.1 Å². The average molecular weight is 700 g/mol. The van der Waals surface area contributed by atoms with Crippen molar-refractivity contribution in [3.05, 3.63) is 187 Å². The molecule has 254 valence electrons. The fraction of sp³-hybridized carbons (Fsp3) is 0. The maximum absolute atomic E-state index is 10.2. The zero-order chi connectivity index (χ0) is 36.6. The van der Waals surface area contributed by atoms with Gasteiger partial charge in [0.05, 0.1) is 67.7 Å². The summed E-state index contributed by atoms with van der Waals surface area (Å²) in [4.78, 5) is 0. The summed E-state index contributed by atoms with van der Waals surface area (Å²) in [7, 11) is 0. The van der Waals surface area contributed by atoms with Crippen LogP contribution in [0.4, 0.5) is 0 Å². The Morgan fingerprint density at radius 2 is 0.764 bits per heavy atom. The van der Waals surface area contributed by atoms with Crippen LogP contribution in [0.3, 0.4) is 0 Å². The molecule has 3 aromatic heterocycles. The SMILES string of the molecule is N#Cc1ccc(-c2ccccc2-n2c3ccccc3c3cc(-n4c5ccccc5c5ccccc54)ccc32)c(-n2c3ccccc3c3ccc(C#N)cc32)c1. The third kappa shape index (κ3) is 4.45. The van der Waals surface area contributed by atoms with Gasteiger partial charge >= 0.3 is 0 Å². The van der Waals surface area contributed by atoms with Gasteiger partial charge in [0.2, 0.25) is 0 Å². The molecule has 11 aromatic rings. The van der Waals surface area contributed by atoms with E-state index in [4.69, 9.17) is 0 Å². The number of fused-ring (bicyclic) bond motifs is 9. The van der Waals surface area contributed by atoms with Crippen molar-refractivity contribution in [1.29, 1.82) is 10.5 Å². The molecule has 3 heterocycles. The van der Waals surface area contributed by atoms with Gasteiger partial charge in [-0.1, -0.05) is 103 Å². The molecule has 0 atom stereocenters. The lowest BCUT2D eigenvalue weighted by Gasteiger charge is -2.19. The van der Waals surface area contributed by atoms with Gasteiger partial charge in [-0.15, -0.1) is 0 Å². The maximum Gasteiger partial charge on any atom is 0.0992 e. The second kappa shape index (κ2) is 11.8. The molecule has 0 radical (unpaired) electrons. The lowest BCUT2D eigenvalue weighted by molar-refractivity contribution is 1.15. The Morgan fingerprint density at radius 3 is 1.40 bits per heavy atom. The second-order valence-electron chi connectivity index (χ2n) is 14.0. The minimum atomic E-state index is 0.563. The molecule has 0 N–H and O–H groups in total. The van der Waals surface area contributed by atoms with E-state index in [1.807, 2.05) is 42.5 Å². The fourth-order valence-corrected chi connectivity index (χ4v) is 8.77. The van der Waals surface area contributed by atoms with E-state index in [0.29, 0.717) is 11.1 Å². The van der Waals surface area contributed by atoms with Crippen LogP contribution < -0.4 is 0 Å². The Bertz CT molecular complexity index is 3420. The third-order valence-corrected chi connectivity index (χ3v) is 11.1. The van der Waals surface area contributed by atoms with Crippen LogP contribution in [0.15, 0.2) is 176 Å². The molecule has 5 nitrogen and oxygen atoms in total. The van der Waals surface area contributed by atoms with Crippen LogP contribution in [0.5, 0.6) is 0 Å². The van der Waals surface area contributed by atoms with Crippen molar-refractivity contribution >= 4 is 65.4 Å². The number of benzene rings is 8. The Morgan fingerprint density at radius 1 is 0.309 bits per heavy atom. The zero-order valence-electron chi connectivity index (χ0n) is 29.5. The predicted molar refractivity (Wildman–Crippen MR) is 224 cm³/mol. The molecule has 0 saturated carbocycles. The van der Waals surface area contributed by atoms with Crippen LogP contribution in [-0.4, -0.2) is 13.7 Å². The van der Waals surface area contributed by atoms with Crippen molar-refractivity contribution in [2.24, 2.45) is 0 Å². The minimum absolute atomic E-state index is 0.563. The normalized spacial score (nSPS) is 11.6. The van der Waals surface area contributed by atoms with E-state index in [1.165, 1.54) is 27.2 Å². The Hall–Kier alpha value is -7.86. The molecule has 0 spiro atoms. The fourth-order valence-electron chi connectivity index (χ4n) is 8.77. The first-order chi connectivity index (χ1) is 27.2. The largest absolute Gasteiger partial charge is 0.309 e. The molecule has 0 bridgehead atoms. The molecule has 0 amide bonds. The Labute approximate surface area is 316 Å². The highest BCUT2D eigenvalue weighted by molar-refractivity contribution is 6.13. The number of para-hydroxylation sites is 5. The summed E-state index contributed by atoms with van der Waals surface area (Å²) in [5, 5.41) is 27.0. The van der Waals surface area contributed by atoms with Crippen LogP contribution >= 0.6 is 0 Å². The van der Waals surface area contributed by atoms with E-state index >= 15 is 0 Å². The van der Waals surface area contributed by atoms with Crippen LogP contribution in [0.2, 0.25) is 0 Å². The number of nitrogens with zero attached hydrogens (tertiary/aromatic N) is 5. The standard InChI is InChI=1S/C50H29N5/c51-30-32-21-24-40(49(27-32)55-46-19-9-4-14-38(46)41-25-22-33(31-52)28-50(41)55)37-13-3-8-18-45(37)54-47-20-10-5-15-39(47)42-29-34(23-26-48(42)54)53-43-16-6-1-11-35(43)36-12-2-7-17-44(36)53/h1-29H. The van der Waals surface area contributed by atoms with Gasteiger partial charge < -0.3 is 13.7 Å². The van der Waals surface area contributed by atoms with Crippen molar-refractivity contribution < 1.29 is 0 Å². The minimum Gasteiger partial charge on any atom is -0.309 e. The first kappa shape index (κ1) is 30.7. The van der Waals surface area contributed by atoms with E-state index in [9.17, 15) is 10.5 Å². The molecule has 0 fully saturated rings. The molecule has 55 heavy (non-hydrogen) atoms. The van der Waals surface area contributed by atoms with Gasteiger partial charge in [0.15, 0.2) is 0 Å². The highest BCUT2D eigenvalue weighted by Gasteiger charge is 2.21. The van der Waals surface area contributed by atoms with E-state index in [2.05, 4.69) is 159 Å². The zero-order valence-corrected chi connectivity index (χ0v) is 29.5.